The zero-order valence-electron chi connectivity index (χ0n) is 21.1. The molecule has 190 valence electrons. The molecule has 1 aromatic heterocycles. The average molecular weight is 516 g/mol. The Kier molecular flexibility index (Phi) is 7.58. The van der Waals surface area contributed by atoms with Crippen LogP contribution in [0.3, 0.4) is 0 Å². The highest BCUT2D eigenvalue weighted by Crippen LogP contribution is 2.33. The Morgan fingerprint density at radius 1 is 1.05 bits per heavy atom. The van der Waals surface area contributed by atoms with Crippen molar-refractivity contribution in [1.29, 1.82) is 0 Å². The van der Waals surface area contributed by atoms with Crippen LogP contribution < -0.4 is 4.74 Å². The zero-order chi connectivity index (χ0) is 25.8. The largest absolute Gasteiger partial charge is 0.439 e. The van der Waals surface area contributed by atoms with Gasteiger partial charge in [-0.2, -0.15) is 5.10 Å². The number of carbonyl (C=O) groups is 1. The quantitative estimate of drug-likeness (QED) is 0.260. The molecule has 0 unspecified atom stereocenters. The van der Waals surface area contributed by atoms with Crippen LogP contribution in [-0.2, 0) is 11.3 Å². The second-order valence-electron chi connectivity index (χ2n) is 9.36. The maximum Gasteiger partial charge on any atom is 0.254 e. The smallest absolute Gasteiger partial charge is 0.254 e. The van der Waals surface area contributed by atoms with Gasteiger partial charge in [0.05, 0.1) is 29.6 Å². The van der Waals surface area contributed by atoms with Crippen molar-refractivity contribution in [2.45, 2.75) is 39.3 Å². The third kappa shape index (κ3) is 5.87. The number of rotatable bonds is 8. The number of amides is 1. The number of carbonyl (C=O) groups excluding carboxylic acids is 1. The number of hydrogen-bond acceptors (Lipinski definition) is 4. The Morgan fingerprint density at radius 2 is 1.78 bits per heavy atom. The number of halogens is 1. The van der Waals surface area contributed by atoms with Gasteiger partial charge in [0, 0.05) is 23.7 Å². The van der Waals surface area contributed by atoms with Crippen molar-refractivity contribution in [3.8, 4) is 17.3 Å². The highest BCUT2D eigenvalue weighted by molar-refractivity contribution is 6.30. The molecular weight excluding hydrogens is 486 g/mol. The van der Waals surface area contributed by atoms with E-state index in [0.717, 1.165) is 42.0 Å². The van der Waals surface area contributed by atoms with Crippen molar-refractivity contribution in [2.24, 2.45) is 0 Å². The summed E-state index contributed by atoms with van der Waals surface area (Å²) in [7, 11) is 0. The van der Waals surface area contributed by atoms with E-state index in [9.17, 15) is 4.79 Å². The Labute approximate surface area is 222 Å². The fourth-order valence-corrected chi connectivity index (χ4v) is 4.63. The number of ether oxygens (including phenoxy) is 2. The minimum Gasteiger partial charge on any atom is -0.439 e. The van der Waals surface area contributed by atoms with E-state index in [2.05, 4.69) is 0 Å². The fraction of sp³-hybridized carbons (Fsp3) is 0.267. The van der Waals surface area contributed by atoms with Gasteiger partial charge in [-0.3, -0.25) is 4.79 Å². The molecule has 6 nitrogen and oxygen atoms in total. The molecule has 1 fully saturated rings. The van der Waals surface area contributed by atoms with Crippen LogP contribution in [-0.4, -0.2) is 39.8 Å². The highest BCUT2D eigenvalue weighted by Gasteiger charge is 2.28. The van der Waals surface area contributed by atoms with Crippen molar-refractivity contribution in [1.82, 2.24) is 14.7 Å². The lowest BCUT2D eigenvalue weighted by molar-refractivity contribution is 0.0505. The molecule has 1 atom stereocenters. The van der Waals surface area contributed by atoms with Gasteiger partial charge in [-0.1, -0.05) is 47.5 Å². The standard InChI is InChI=1S/C30H30ClN3O3/c1-21-10-12-23(13-11-21)29(35)33(19-27-9-6-18-36-27)20-28-22(2)32-34(25-7-4-3-5-8-25)30(28)37-26-16-14-24(31)15-17-26/h3-5,7-8,10-17,27H,6,9,18-20H2,1-2H3/t27-/m1/s1. The summed E-state index contributed by atoms with van der Waals surface area (Å²) in [5.74, 6) is 1.16. The van der Waals surface area contributed by atoms with Crippen molar-refractivity contribution < 1.29 is 14.3 Å². The van der Waals surface area contributed by atoms with Gasteiger partial charge in [0.25, 0.3) is 5.91 Å². The lowest BCUT2D eigenvalue weighted by Crippen LogP contribution is -2.37. The van der Waals surface area contributed by atoms with E-state index < -0.39 is 0 Å². The third-order valence-corrected chi connectivity index (χ3v) is 6.80. The summed E-state index contributed by atoms with van der Waals surface area (Å²) in [5.41, 5.74) is 4.27. The van der Waals surface area contributed by atoms with Gasteiger partial charge >= 0.3 is 0 Å². The molecule has 4 aromatic rings. The first kappa shape index (κ1) is 25.1. The van der Waals surface area contributed by atoms with Crippen LogP contribution in [0, 0.1) is 13.8 Å². The Balaban J connectivity index is 1.54. The summed E-state index contributed by atoms with van der Waals surface area (Å²) in [6, 6.07) is 24.8. The maximum absolute atomic E-state index is 13.7. The summed E-state index contributed by atoms with van der Waals surface area (Å²) in [6.45, 7) is 5.54. The number of aryl methyl sites for hydroxylation is 2. The molecule has 7 heteroatoms. The first-order valence-electron chi connectivity index (χ1n) is 12.5. The van der Waals surface area contributed by atoms with Gasteiger partial charge in [0.1, 0.15) is 5.75 Å². The predicted octanol–water partition coefficient (Wildman–Crippen LogP) is 6.76. The van der Waals surface area contributed by atoms with Gasteiger partial charge in [-0.05, 0) is 75.2 Å². The number of benzene rings is 3. The molecule has 2 heterocycles. The van der Waals surface area contributed by atoms with Crippen LogP contribution in [0.2, 0.25) is 5.02 Å². The van der Waals surface area contributed by atoms with Crippen LogP contribution in [0.4, 0.5) is 0 Å². The second kappa shape index (κ2) is 11.2. The van der Waals surface area contributed by atoms with Crippen molar-refractivity contribution >= 4 is 17.5 Å². The van der Waals surface area contributed by atoms with E-state index >= 15 is 0 Å². The van der Waals surface area contributed by atoms with Crippen LogP contribution in [0.1, 0.15) is 40.0 Å². The zero-order valence-corrected chi connectivity index (χ0v) is 21.8. The van der Waals surface area contributed by atoms with Crippen LogP contribution >= 0.6 is 11.6 Å². The molecular formula is C30H30ClN3O3. The van der Waals surface area contributed by atoms with Crippen LogP contribution in [0.15, 0.2) is 78.9 Å². The Morgan fingerprint density at radius 3 is 2.46 bits per heavy atom. The number of nitrogens with zero attached hydrogens (tertiary/aromatic N) is 3. The minimum absolute atomic E-state index is 0.0134. The van der Waals surface area contributed by atoms with Crippen molar-refractivity contribution in [2.75, 3.05) is 13.2 Å². The van der Waals surface area contributed by atoms with Crippen molar-refractivity contribution in [3.05, 3.63) is 106 Å². The minimum atomic E-state index is -0.0418. The summed E-state index contributed by atoms with van der Waals surface area (Å²) in [6.07, 6.45) is 1.96. The van der Waals surface area contributed by atoms with E-state index in [1.807, 2.05) is 85.5 Å². The lowest BCUT2D eigenvalue weighted by Gasteiger charge is -2.26. The SMILES string of the molecule is Cc1ccc(C(=O)N(Cc2c(C)nn(-c3ccccc3)c2Oc2ccc(Cl)cc2)C[C@H]2CCCO2)cc1. The second-order valence-corrected chi connectivity index (χ2v) is 9.80. The summed E-state index contributed by atoms with van der Waals surface area (Å²) >= 11 is 6.10. The molecule has 0 N–H and O–H groups in total. The number of hydrogen-bond donors (Lipinski definition) is 0. The molecule has 37 heavy (non-hydrogen) atoms. The number of aromatic nitrogens is 2. The first-order chi connectivity index (χ1) is 18.0. The molecule has 0 saturated carbocycles. The summed E-state index contributed by atoms with van der Waals surface area (Å²) in [5, 5.41) is 5.45. The predicted molar refractivity (Wildman–Crippen MR) is 145 cm³/mol. The van der Waals surface area contributed by atoms with Gasteiger partial charge in [-0.25, -0.2) is 4.68 Å². The molecule has 0 spiro atoms. The average Bonchev–Trinajstić information content (AvgIpc) is 3.54. The Bertz CT molecular complexity index is 1350. The molecule has 3 aromatic carbocycles. The monoisotopic (exact) mass is 515 g/mol. The van der Waals surface area contributed by atoms with Gasteiger partial charge in [-0.15, -0.1) is 0 Å². The van der Waals surface area contributed by atoms with E-state index in [1.54, 1.807) is 16.8 Å². The lowest BCUT2D eigenvalue weighted by atomic mass is 10.1. The van der Waals surface area contributed by atoms with Gasteiger partial charge < -0.3 is 14.4 Å². The summed E-state index contributed by atoms with van der Waals surface area (Å²) < 4.78 is 14.1. The molecule has 1 amide bonds. The topological polar surface area (TPSA) is 56.6 Å². The normalized spacial score (nSPS) is 15.1. The Hall–Kier alpha value is -3.61. The molecule has 0 radical (unpaired) electrons. The van der Waals surface area contributed by atoms with Crippen LogP contribution in [0.25, 0.3) is 5.69 Å². The fourth-order valence-electron chi connectivity index (χ4n) is 4.51. The van der Waals surface area contributed by atoms with Crippen LogP contribution in [0.5, 0.6) is 11.6 Å². The highest BCUT2D eigenvalue weighted by atomic mass is 35.5. The molecule has 0 aliphatic carbocycles. The summed E-state index contributed by atoms with van der Waals surface area (Å²) in [4.78, 5) is 15.6. The molecule has 1 aliphatic heterocycles. The van der Waals surface area contributed by atoms with E-state index in [4.69, 9.17) is 26.2 Å². The number of para-hydroxylation sites is 1. The van der Waals surface area contributed by atoms with E-state index in [1.165, 1.54) is 0 Å². The molecule has 1 saturated heterocycles. The molecule has 1 aliphatic rings. The third-order valence-electron chi connectivity index (χ3n) is 6.55. The molecule has 5 rings (SSSR count). The first-order valence-corrected chi connectivity index (χ1v) is 12.9. The van der Waals surface area contributed by atoms with E-state index in [-0.39, 0.29) is 12.0 Å². The van der Waals surface area contributed by atoms with Gasteiger partial charge in [0.2, 0.25) is 5.88 Å². The van der Waals surface area contributed by atoms with Crippen molar-refractivity contribution in [3.63, 3.8) is 0 Å². The van der Waals surface area contributed by atoms with Gasteiger partial charge in [0.15, 0.2) is 0 Å². The maximum atomic E-state index is 13.7. The molecule has 0 bridgehead atoms. The van der Waals surface area contributed by atoms with E-state index in [0.29, 0.717) is 35.3 Å².